The monoisotopic (exact) mass is 374 g/mol. The number of non-ortho nitro benzene ring substituents is 1. The van der Waals surface area contributed by atoms with Crippen LogP contribution in [0.4, 0.5) is 5.69 Å². The minimum Gasteiger partial charge on any atom is -0.494 e. The molecule has 0 bridgehead atoms. The molecule has 0 radical (unpaired) electrons. The number of hydrogen-bond acceptors (Lipinski definition) is 6. The summed E-state index contributed by atoms with van der Waals surface area (Å²) in [5.74, 6) is 2.13. The predicted octanol–water partition coefficient (Wildman–Crippen LogP) is 3.56. The molecule has 0 aliphatic carbocycles. The van der Waals surface area contributed by atoms with Crippen LogP contribution in [-0.2, 0) is 6.42 Å². The van der Waals surface area contributed by atoms with Crippen LogP contribution in [0.5, 0.6) is 17.2 Å². The Balaban J connectivity index is 1.69. The van der Waals surface area contributed by atoms with Gasteiger partial charge in [0.05, 0.1) is 25.7 Å². The van der Waals surface area contributed by atoms with E-state index in [9.17, 15) is 10.1 Å². The molecule has 0 spiro atoms. The van der Waals surface area contributed by atoms with E-state index in [1.807, 2.05) is 18.2 Å². The van der Waals surface area contributed by atoms with Gasteiger partial charge in [-0.3, -0.25) is 10.1 Å². The van der Waals surface area contributed by atoms with Gasteiger partial charge in [-0.25, -0.2) is 0 Å². The first-order valence-electron chi connectivity index (χ1n) is 8.80. The Hall–Kier alpha value is -2.80. The molecule has 0 saturated heterocycles. The molecule has 2 rings (SSSR count). The maximum atomic E-state index is 10.6. The lowest BCUT2D eigenvalue weighted by atomic mass is 10.1. The first-order valence-corrected chi connectivity index (χ1v) is 8.80. The average molecular weight is 374 g/mol. The van der Waals surface area contributed by atoms with Crippen LogP contribution in [-0.4, -0.2) is 50.8 Å². The van der Waals surface area contributed by atoms with Crippen molar-refractivity contribution in [3.05, 3.63) is 58.1 Å². The molecule has 7 heteroatoms. The van der Waals surface area contributed by atoms with E-state index in [1.54, 1.807) is 26.4 Å². The number of benzene rings is 2. The van der Waals surface area contributed by atoms with Crippen LogP contribution in [0.1, 0.15) is 12.0 Å². The summed E-state index contributed by atoms with van der Waals surface area (Å²) in [6.07, 6.45) is 1.79. The lowest BCUT2D eigenvalue weighted by Crippen LogP contribution is -2.23. The molecule has 0 fully saturated rings. The Morgan fingerprint density at radius 3 is 2.33 bits per heavy atom. The van der Waals surface area contributed by atoms with Crippen LogP contribution >= 0.6 is 0 Å². The van der Waals surface area contributed by atoms with Crippen molar-refractivity contribution >= 4 is 5.69 Å². The molecule has 27 heavy (non-hydrogen) atoms. The predicted molar refractivity (Wildman–Crippen MR) is 104 cm³/mol. The van der Waals surface area contributed by atoms with E-state index in [1.165, 1.54) is 17.7 Å². The molecule has 0 saturated carbocycles. The molecule has 2 aromatic rings. The van der Waals surface area contributed by atoms with Crippen molar-refractivity contribution in [2.24, 2.45) is 0 Å². The molecular formula is C20H26N2O5. The average Bonchev–Trinajstić information content (AvgIpc) is 2.69. The number of ether oxygens (including phenoxy) is 3. The van der Waals surface area contributed by atoms with E-state index in [0.717, 1.165) is 37.4 Å². The minimum atomic E-state index is -0.419. The van der Waals surface area contributed by atoms with Crippen molar-refractivity contribution in [2.45, 2.75) is 12.8 Å². The van der Waals surface area contributed by atoms with Gasteiger partial charge in [0.2, 0.25) is 0 Å². The molecule has 0 amide bonds. The Morgan fingerprint density at radius 1 is 1.00 bits per heavy atom. The lowest BCUT2D eigenvalue weighted by Gasteiger charge is -2.17. The molecule has 0 aliphatic rings. The van der Waals surface area contributed by atoms with Crippen molar-refractivity contribution < 1.29 is 19.1 Å². The lowest BCUT2D eigenvalue weighted by molar-refractivity contribution is -0.384. The zero-order valence-electron chi connectivity index (χ0n) is 16.0. The van der Waals surface area contributed by atoms with Gasteiger partial charge in [0.25, 0.3) is 5.69 Å². The van der Waals surface area contributed by atoms with Crippen molar-refractivity contribution in [3.8, 4) is 17.2 Å². The fourth-order valence-corrected chi connectivity index (χ4v) is 2.66. The summed E-state index contributed by atoms with van der Waals surface area (Å²) >= 11 is 0. The maximum Gasteiger partial charge on any atom is 0.269 e. The maximum absolute atomic E-state index is 10.6. The first-order chi connectivity index (χ1) is 13.0. The summed E-state index contributed by atoms with van der Waals surface area (Å²) < 4.78 is 16.2. The second kappa shape index (κ2) is 10.4. The first kappa shape index (κ1) is 20.5. The van der Waals surface area contributed by atoms with Gasteiger partial charge < -0.3 is 19.1 Å². The Morgan fingerprint density at radius 2 is 1.70 bits per heavy atom. The molecule has 0 unspecified atom stereocenters. The molecule has 146 valence electrons. The SMILES string of the molecule is COc1ccc(CCN(C)CCCOc2ccc([N+](=O)[O-])cc2)cc1OC. The van der Waals surface area contributed by atoms with Gasteiger partial charge in [0.15, 0.2) is 11.5 Å². The Bertz CT molecular complexity index is 734. The third kappa shape index (κ3) is 6.45. The largest absolute Gasteiger partial charge is 0.494 e. The topological polar surface area (TPSA) is 74.1 Å². The highest BCUT2D eigenvalue weighted by Gasteiger charge is 2.07. The smallest absolute Gasteiger partial charge is 0.269 e. The van der Waals surface area contributed by atoms with Crippen molar-refractivity contribution in [2.75, 3.05) is 41.0 Å². The number of nitro groups is 1. The third-order valence-corrected chi connectivity index (χ3v) is 4.23. The molecule has 0 aliphatic heterocycles. The van der Waals surface area contributed by atoms with E-state index in [-0.39, 0.29) is 5.69 Å². The van der Waals surface area contributed by atoms with Crippen molar-refractivity contribution in [1.29, 1.82) is 0 Å². The van der Waals surface area contributed by atoms with Crippen LogP contribution in [0, 0.1) is 10.1 Å². The minimum absolute atomic E-state index is 0.0669. The number of nitrogens with zero attached hydrogens (tertiary/aromatic N) is 2. The Labute approximate surface area is 159 Å². The molecule has 2 aromatic carbocycles. The van der Waals surface area contributed by atoms with Gasteiger partial charge in [-0.05, 0) is 49.7 Å². The quantitative estimate of drug-likeness (QED) is 0.340. The zero-order valence-corrected chi connectivity index (χ0v) is 16.0. The number of rotatable bonds is 11. The van der Waals surface area contributed by atoms with E-state index in [0.29, 0.717) is 12.4 Å². The molecular weight excluding hydrogens is 348 g/mol. The number of methoxy groups -OCH3 is 2. The van der Waals surface area contributed by atoms with Crippen LogP contribution in [0.25, 0.3) is 0 Å². The summed E-state index contributed by atoms with van der Waals surface area (Å²) in [6.45, 7) is 2.39. The number of hydrogen-bond donors (Lipinski definition) is 0. The highest BCUT2D eigenvalue weighted by molar-refractivity contribution is 5.43. The third-order valence-electron chi connectivity index (χ3n) is 4.23. The zero-order chi connectivity index (χ0) is 19.6. The summed E-state index contributed by atoms with van der Waals surface area (Å²) in [7, 11) is 5.34. The van der Waals surface area contributed by atoms with Gasteiger partial charge in [-0.2, -0.15) is 0 Å². The number of nitro benzene ring substituents is 1. The fraction of sp³-hybridized carbons (Fsp3) is 0.400. The molecule has 0 heterocycles. The second-order valence-corrected chi connectivity index (χ2v) is 6.20. The van der Waals surface area contributed by atoms with Crippen LogP contribution < -0.4 is 14.2 Å². The Kier molecular flexibility index (Phi) is 7.88. The van der Waals surface area contributed by atoms with Crippen LogP contribution in [0.2, 0.25) is 0 Å². The van der Waals surface area contributed by atoms with E-state index in [4.69, 9.17) is 14.2 Å². The highest BCUT2D eigenvalue weighted by Crippen LogP contribution is 2.27. The summed E-state index contributed by atoms with van der Waals surface area (Å²) in [4.78, 5) is 12.5. The van der Waals surface area contributed by atoms with Gasteiger partial charge in [0, 0.05) is 25.2 Å². The molecule has 0 atom stereocenters. The van der Waals surface area contributed by atoms with Crippen molar-refractivity contribution in [1.82, 2.24) is 4.90 Å². The van der Waals surface area contributed by atoms with Crippen LogP contribution in [0.15, 0.2) is 42.5 Å². The molecule has 0 N–H and O–H groups in total. The second-order valence-electron chi connectivity index (χ2n) is 6.20. The van der Waals surface area contributed by atoms with Gasteiger partial charge >= 0.3 is 0 Å². The van der Waals surface area contributed by atoms with Gasteiger partial charge in [-0.15, -0.1) is 0 Å². The van der Waals surface area contributed by atoms with Gasteiger partial charge in [0.1, 0.15) is 5.75 Å². The van der Waals surface area contributed by atoms with Crippen LogP contribution in [0.3, 0.4) is 0 Å². The molecule has 7 nitrogen and oxygen atoms in total. The number of likely N-dealkylation sites (N-methyl/N-ethyl adjacent to an activating group) is 1. The van der Waals surface area contributed by atoms with Gasteiger partial charge in [-0.1, -0.05) is 6.07 Å². The van der Waals surface area contributed by atoms with Crippen molar-refractivity contribution in [3.63, 3.8) is 0 Å². The summed E-state index contributed by atoms with van der Waals surface area (Å²) in [5, 5.41) is 10.6. The highest BCUT2D eigenvalue weighted by atomic mass is 16.6. The van der Waals surface area contributed by atoms with E-state index < -0.39 is 4.92 Å². The normalized spacial score (nSPS) is 10.7. The summed E-state index contributed by atoms with van der Waals surface area (Å²) in [6, 6.07) is 12.1. The molecule has 0 aromatic heterocycles. The standard InChI is InChI=1S/C20H26N2O5/c1-21(13-11-16-5-10-19(25-2)20(15-16)26-3)12-4-14-27-18-8-6-17(7-9-18)22(23)24/h5-10,15H,4,11-14H2,1-3H3. The van der Waals surface area contributed by atoms with E-state index >= 15 is 0 Å². The summed E-state index contributed by atoms with van der Waals surface area (Å²) in [5.41, 5.74) is 1.26. The van der Waals surface area contributed by atoms with E-state index in [2.05, 4.69) is 11.9 Å². The fourth-order valence-electron chi connectivity index (χ4n) is 2.66.